The van der Waals surface area contributed by atoms with Crippen LogP contribution >= 0.6 is 11.6 Å². The zero-order valence-electron chi connectivity index (χ0n) is 19.1. The van der Waals surface area contributed by atoms with E-state index < -0.39 is 5.82 Å². The van der Waals surface area contributed by atoms with Crippen LogP contribution in [0, 0.1) is 5.82 Å². The third-order valence-electron chi connectivity index (χ3n) is 6.77. The van der Waals surface area contributed by atoms with Gasteiger partial charge >= 0.3 is 0 Å². The van der Waals surface area contributed by atoms with Crippen molar-refractivity contribution in [1.82, 2.24) is 14.5 Å². The molecule has 1 atom stereocenters. The second-order valence-electron chi connectivity index (χ2n) is 9.09. The van der Waals surface area contributed by atoms with Crippen LogP contribution in [0.15, 0.2) is 59.4 Å². The predicted molar refractivity (Wildman–Crippen MR) is 134 cm³/mol. The highest BCUT2D eigenvalue weighted by molar-refractivity contribution is 6.30. The molecule has 0 aliphatic carbocycles. The van der Waals surface area contributed by atoms with E-state index >= 15 is 4.39 Å². The molecule has 1 saturated heterocycles. The third kappa shape index (κ3) is 4.19. The maximum absolute atomic E-state index is 15.0. The van der Waals surface area contributed by atoms with Crippen molar-refractivity contribution in [2.75, 3.05) is 18.0 Å². The fourth-order valence-electron chi connectivity index (χ4n) is 4.96. The number of pyridine rings is 1. The minimum absolute atomic E-state index is 0.0441. The van der Waals surface area contributed by atoms with Crippen LogP contribution < -0.4 is 10.5 Å². The second-order valence-corrected chi connectivity index (χ2v) is 9.53. The predicted octanol–water partition coefficient (Wildman–Crippen LogP) is 4.99. The lowest BCUT2D eigenvalue weighted by molar-refractivity contribution is 0.0553. The minimum atomic E-state index is -0.489. The Kier molecular flexibility index (Phi) is 5.74. The van der Waals surface area contributed by atoms with Gasteiger partial charge in [-0.2, -0.15) is 0 Å². The second kappa shape index (κ2) is 9.06. The molecule has 6 nitrogen and oxygen atoms in total. The van der Waals surface area contributed by atoms with Gasteiger partial charge < -0.3 is 9.64 Å². The smallest absolute Gasteiger partial charge is 0.261 e. The van der Waals surface area contributed by atoms with E-state index in [-0.39, 0.29) is 17.2 Å². The average molecular weight is 491 g/mol. The molecule has 0 bridgehead atoms. The number of aromatic nitrogens is 3. The molecule has 4 aromatic rings. The highest BCUT2D eigenvalue weighted by Crippen LogP contribution is 2.33. The van der Waals surface area contributed by atoms with Gasteiger partial charge in [0.15, 0.2) is 0 Å². The summed E-state index contributed by atoms with van der Waals surface area (Å²) in [7, 11) is 0. The molecular formula is C27H24ClFN4O2. The van der Waals surface area contributed by atoms with E-state index in [1.165, 1.54) is 6.07 Å². The topological polar surface area (TPSA) is 60.3 Å². The molecule has 35 heavy (non-hydrogen) atoms. The summed E-state index contributed by atoms with van der Waals surface area (Å²) in [5.74, 6) is 0.865. The van der Waals surface area contributed by atoms with Gasteiger partial charge in [-0.3, -0.25) is 9.36 Å². The summed E-state index contributed by atoms with van der Waals surface area (Å²) >= 11 is 6.00. The molecule has 0 spiro atoms. The molecule has 0 saturated carbocycles. The minimum Gasteiger partial charge on any atom is -0.372 e. The molecule has 0 radical (unpaired) electrons. The summed E-state index contributed by atoms with van der Waals surface area (Å²) < 4.78 is 22.9. The van der Waals surface area contributed by atoms with Crippen LogP contribution in [0.1, 0.15) is 24.2 Å². The highest BCUT2D eigenvalue weighted by atomic mass is 35.5. The maximum Gasteiger partial charge on any atom is 0.261 e. The number of anilines is 1. The molecule has 2 aliphatic rings. The molecule has 8 heteroatoms. The number of halogens is 2. The summed E-state index contributed by atoms with van der Waals surface area (Å²) in [6.07, 6.45) is 2.49. The van der Waals surface area contributed by atoms with Crippen molar-refractivity contribution in [2.24, 2.45) is 0 Å². The van der Waals surface area contributed by atoms with Gasteiger partial charge in [0, 0.05) is 36.6 Å². The average Bonchev–Trinajstić information content (AvgIpc) is 3.53. The lowest BCUT2D eigenvalue weighted by atomic mass is 10.1. The normalized spacial score (nSPS) is 17.3. The SMILES string of the molecule is O=c1c2cc(N3CC[C@@H](OCc4ccccc4)C3)nc(-c3ccc(Cl)cc3F)c2nc2n1CCC2. The molecule has 178 valence electrons. The number of hydrogen-bond donors (Lipinski definition) is 0. The molecule has 1 fully saturated rings. The highest BCUT2D eigenvalue weighted by Gasteiger charge is 2.27. The lowest BCUT2D eigenvalue weighted by Crippen LogP contribution is -2.25. The Morgan fingerprint density at radius 2 is 1.94 bits per heavy atom. The van der Waals surface area contributed by atoms with Crippen LogP contribution in [0.3, 0.4) is 0 Å². The Morgan fingerprint density at radius 1 is 1.09 bits per heavy atom. The number of rotatable bonds is 5. The van der Waals surface area contributed by atoms with Crippen molar-refractivity contribution in [2.45, 2.75) is 38.5 Å². The zero-order valence-corrected chi connectivity index (χ0v) is 19.8. The monoisotopic (exact) mass is 490 g/mol. The molecule has 2 aromatic heterocycles. The van der Waals surface area contributed by atoms with Crippen LogP contribution in [0.25, 0.3) is 22.2 Å². The number of ether oxygens (including phenoxy) is 1. The van der Waals surface area contributed by atoms with Crippen molar-refractivity contribution in [3.63, 3.8) is 0 Å². The van der Waals surface area contributed by atoms with Gasteiger partial charge in [-0.1, -0.05) is 41.9 Å². The van der Waals surface area contributed by atoms with E-state index in [0.717, 1.165) is 37.2 Å². The molecule has 2 aromatic carbocycles. The van der Waals surface area contributed by atoms with Gasteiger partial charge in [-0.05, 0) is 42.7 Å². The van der Waals surface area contributed by atoms with E-state index in [2.05, 4.69) is 4.90 Å². The van der Waals surface area contributed by atoms with Crippen LogP contribution in [0.2, 0.25) is 5.02 Å². The fraction of sp³-hybridized carbons (Fsp3) is 0.296. The Hall–Kier alpha value is -3.29. The first-order chi connectivity index (χ1) is 17.1. The van der Waals surface area contributed by atoms with E-state index in [4.69, 9.17) is 26.3 Å². The van der Waals surface area contributed by atoms with Crippen LogP contribution in [0.5, 0.6) is 0 Å². The standard InChI is InChI=1S/C27H24ClFN4O2/c28-18-8-9-20(22(29)13-18)25-26-21(27(34)33-11-4-7-23(33)30-26)14-24(31-25)32-12-10-19(15-32)35-16-17-5-2-1-3-6-17/h1-3,5-6,8-9,13-14,19H,4,7,10-12,15-16H2/t19-/m1/s1. The molecule has 4 heterocycles. The summed E-state index contributed by atoms with van der Waals surface area (Å²) in [4.78, 5) is 25.1. The molecule has 2 aliphatic heterocycles. The molecule has 0 N–H and O–H groups in total. The summed E-state index contributed by atoms with van der Waals surface area (Å²) in [6, 6.07) is 16.4. The Morgan fingerprint density at radius 3 is 2.77 bits per heavy atom. The van der Waals surface area contributed by atoms with E-state index in [1.807, 2.05) is 30.3 Å². The summed E-state index contributed by atoms with van der Waals surface area (Å²) in [5.41, 5.74) is 2.12. The quantitative estimate of drug-likeness (QED) is 0.394. The Bertz CT molecular complexity index is 1470. The molecule has 0 amide bonds. The van der Waals surface area contributed by atoms with E-state index in [1.54, 1.807) is 22.8 Å². The van der Waals surface area contributed by atoms with Crippen LogP contribution in [-0.4, -0.2) is 33.7 Å². The molecule has 6 rings (SSSR count). The first kappa shape index (κ1) is 22.2. The Labute approximate surface area is 207 Å². The largest absolute Gasteiger partial charge is 0.372 e. The van der Waals surface area contributed by atoms with E-state index in [9.17, 15) is 4.79 Å². The van der Waals surface area contributed by atoms with Crippen molar-refractivity contribution in [3.05, 3.63) is 87.2 Å². The maximum atomic E-state index is 15.0. The van der Waals surface area contributed by atoms with Crippen molar-refractivity contribution in [1.29, 1.82) is 0 Å². The summed E-state index contributed by atoms with van der Waals surface area (Å²) in [5, 5.41) is 0.761. The number of fused-ring (bicyclic) bond motifs is 2. The van der Waals surface area contributed by atoms with Gasteiger partial charge in [0.2, 0.25) is 0 Å². The molecular weight excluding hydrogens is 467 g/mol. The number of benzene rings is 2. The lowest BCUT2D eigenvalue weighted by Gasteiger charge is -2.20. The summed E-state index contributed by atoms with van der Waals surface area (Å²) in [6.45, 7) is 2.58. The van der Waals surface area contributed by atoms with Gasteiger partial charge in [0.1, 0.15) is 28.7 Å². The fourth-order valence-corrected chi connectivity index (χ4v) is 5.12. The molecule has 0 unspecified atom stereocenters. The van der Waals surface area contributed by atoms with Gasteiger partial charge in [-0.15, -0.1) is 0 Å². The van der Waals surface area contributed by atoms with E-state index in [0.29, 0.717) is 47.1 Å². The van der Waals surface area contributed by atoms with Gasteiger partial charge in [0.05, 0.1) is 18.1 Å². The van der Waals surface area contributed by atoms with Gasteiger partial charge in [0.25, 0.3) is 5.56 Å². The Balaban J connectivity index is 1.38. The van der Waals surface area contributed by atoms with Gasteiger partial charge in [-0.25, -0.2) is 14.4 Å². The zero-order chi connectivity index (χ0) is 23.9. The first-order valence-corrected chi connectivity index (χ1v) is 12.2. The van der Waals surface area contributed by atoms with Crippen LogP contribution in [0.4, 0.5) is 10.2 Å². The van der Waals surface area contributed by atoms with Crippen molar-refractivity contribution >= 4 is 28.3 Å². The van der Waals surface area contributed by atoms with Crippen molar-refractivity contribution < 1.29 is 9.13 Å². The number of aryl methyl sites for hydroxylation is 1. The number of hydrogen-bond acceptors (Lipinski definition) is 5. The first-order valence-electron chi connectivity index (χ1n) is 11.9. The van der Waals surface area contributed by atoms with Crippen LogP contribution in [-0.2, 0) is 24.3 Å². The van der Waals surface area contributed by atoms with Crippen molar-refractivity contribution in [3.8, 4) is 11.3 Å². The number of nitrogens with zero attached hydrogens (tertiary/aromatic N) is 4. The third-order valence-corrected chi connectivity index (χ3v) is 7.01.